The lowest BCUT2D eigenvalue weighted by molar-refractivity contribution is -0.138. The third-order valence-electron chi connectivity index (χ3n) is 1.51. The summed E-state index contributed by atoms with van der Waals surface area (Å²) in [6.07, 6.45) is 3.05. The number of nitrogens with zero attached hydrogens (tertiary/aromatic N) is 1. The summed E-state index contributed by atoms with van der Waals surface area (Å²) in [6, 6.07) is 0. The van der Waals surface area contributed by atoms with Gasteiger partial charge in [0.15, 0.2) is 0 Å². The molecular weight excluding hydrogens is 316 g/mol. The van der Waals surface area contributed by atoms with Gasteiger partial charge in [-0.15, -0.1) is 0 Å². The fourth-order valence-electron chi connectivity index (χ4n) is 0.809. The first kappa shape index (κ1) is 11.7. The Bertz CT molecular complexity index is 266. The molecule has 0 saturated heterocycles. The molecule has 0 aromatic heterocycles. The number of esters is 1. The van der Waals surface area contributed by atoms with Crippen molar-refractivity contribution < 1.29 is 9.53 Å². The summed E-state index contributed by atoms with van der Waals surface area (Å²) in [5.74, 6) is -0.320. The van der Waals surface area contributed by atoms with E-state index in [4.69, 9.17) is 4.74 Å². The Morgan fingerprint density at radius 2 is 2.57 bits per heavy atom. The molecule has 78 valence electrons. The molecule has 0 radical (unpaired) electrons. The highest BCUT2D eigenvalue weighted by Crippen LogP contribution is 2.06. The van der Waals surface area contributed by atoms with Crippen molar-refractivity contribution in [2.75, 3.05) is 18.5 Å². The van der Waals surface area contributed by atoms with Gasteiger partial charge in [0.05, 0.1) is 16.7 Å². The Labute approximate surface area is 99.1 Å². The van der Waals surface area contributed by atoms with Crippen molar-refractivity contribution in [2.24, 2.45) is 4.99 Å². The third kappa shape index (κ3) is 3.79. The highest BCUT2D eigenvalue weighted by Gasteiger charge is 2.13. The van der Waals surface area contributed by atoms with Gasteiger partial charge in [-0.05, 0) is 0 Å². The summed E-state index contributed by atoms with van der Waals surface area (Å²) in [7, 11) is 0. The van der Waals surface area contributed by atoms with Crippen molar-refractivity contribution in [3.8, 4) is 0 Å². The fourth-order valence-corrected chi connectivity index (χ4v) is 1.13. The number of alkyl halides is 2. The van der Waals surface area contributed by atoms with Gasteiger partial charge >= 0.3 is 5.97 Å². The second kappa shape index (κ2) is 6.19. The van der Waals surface area contributed by atoms with Crippen LogP contribution in [0.1, 0.15) is 0 Å². The third-order valence-corrected chi connectivity index (χ3v) is 3.75. The lowest BCUT2D eigenvalue weighted by Crippen LogP contribution is -2.25. The molecule has 6 heteroatoms. The number of hydrogen-bond donors (Lipinski definition) is 1. The number of carbonyl (C=O) groups is 1. The molecule has 0 aromatic carbocycles. The maximum Gasteiger partial charge on any atom is 0.337 e. The summed E-state index contributed by atoms with van der Waals surface area (Å²) in [5, 5.41) is 3.58. The van der Waals surface area contributed by atoms with E-state index in [1.165, 1.54) is 6.20 Å². The van der Waals surface area contributed by atoms with Crippen molar-refractivity contribution >= 4 is 44.2 Å². The number of ether oxygens (including phenoxy) is 1. The van der Waals surface area contributed by atoms with Crippen molar-refractivity contribution in [1.29, 1.82) is 0 Å². The van der Waals surface area contributed by atoms with Crippen LogP contribution in [0.3, 0.4) is 0 Å². The molecule has 1 heterocycles. The predicted molar refractivity (Wildman–Crippen MR) is 62.0 cm³/mol. The smallest absolute Gasteiger partial charge is 0.337 e. The summed E-state index contributed by atoms with van der Waals surface area (Å²) >= 11 is 6.61. The minimum atomic E-state index is -0.320. The molecule has 1 atom stereocenters. The van der Waals surface area contributed by atoms with E-state index >= 15 is 0 Å². The second-order valence-corrected chi connectivity index (χ2v) is 4.61. The van der Waals surface area contributed by atoms with E-state index in [1.54, 1.807) is 6.34 Å². The van der Waals surface area contributed by atoms with Crippen LogP contribution in [0, 0.1) is 0 Å². The van der Waals surface area contributed by atoms with E-state index in [-0.39, 0.29) is 10.8 Å². The summed E-state index contributed by atoms with van der Waals surface area (Å²) in [5.41, 5.74) is 0.543. The maximum absolute atomic E-state index is 11.4. The molecule has 4 nitrogen and oxygen atoms in total. The van der Waals surface area contributed by atoms with Crippen LogP contribution in [0.25, 0.3) is 0 Å². The minimum absolute atomic E-state index is 0.145. The maximum atomic E-state index is 11.4. The highest BCUT2D eigenvalue weighted by atomic mass is 79.9. The summed E-state index contributed by atoms with van der Waals surface area (Å²) < 4.78 is 5.04. The van der Waals surface area contributed by atoms with Gasteiger partial charge in [-0.2, -0.15) is 0 Å². The number of halogens is 2. The SMILES string of the molecule is O=C(OCC(Br)CBr)C1=CN=CNC1. The van der Waals surface area contributed by atoms with Gasteiger partial charge in [-0.25, -0.2) is 9.79 Å². The number of rotatable bonds is 4. The molecule has 0 amide bonds. The minimum Gasteiger partial charge on any atom is -0.461 e. The van der Waals surface area contributed by atoms with E-state index in [1.807, 2.05) is 0 Å². The lowest BCUT2D eigenvalue weighted by atomic mass is 10.3. The highest BCUT2D eigenvalue weighted by molar-refractivity contribution is 9.12. The number of carbonyl (C=O) groups excluding carboxylic acids is 1. The molecule has 0 aromatic rings. The van der Waals surface area contributed by atoms with E-state index in [0.717, 1.165) is 5.33 Å². The number of hydrogen-bond acceptors (Lipinski definition) is 4. The van der Waals surface area contributed by atoms with Gasteiger partial charge in [0.1, 0.15) is 6.61 Å². The van der Waals surface area contributed by atoms with Crippen molar-refractivity contribution in [3.63, 3.8) is 0 Å². The number of nitrogens with one attached hydrogen (secondary N) is 1. The van der Waals surface area contributed by atoms with Gasteiger partial charge in [-0.1, -0.05) is 31.9 Å². The average Bonchev–Trinajstić information content (AvgIpc) is 2.26. The van der Waals surface area contributed by atoms with Gasteiger partial charge in [0, 0.05) is 18.1 Å². The molecule has 0 aliphatic carbocycles. The van der Waals surface area contributed by atoms with Crippen LogP contribution in [0.5, 0.6) is 0 Å². The molecule has 1 unspecified atom stereocenters. The van der Waals surface area contributed by atoms with Crippen LogP contribution in [-0.2, 0) is 9.53 Å². The molecule has 0 saturated carbocycles. The van der Waals surface area contributed by atoms with Crippen LogP contribution in [0.4, 0.5) is 0 Å². The molecule has 0 fully saturated rings. The molecule has 1 rings (SSSR count). The Hall–Kier alpha value is -0.360. The molecule has 1 aliphatic rings. The quantitative estimate of drug-likeness (QED) is 0.624. The normalized spacial score (nSPS) is 16.9. The Kier molecular flexibility index (Phi) is 5.17. The van der Waals surface area contributed by atoms with Crippen LogP contribution in [0.2, 0.25) is 0 Å². The van der Waals surface area contributed by atoms with Gasteiger partial charge in [0.25, 0.3) is 0 Å². The van der Waals surface area contributed by atoms with Gasteiger partial charge < -0.3 is 10.1 Å². The first-order valence-corrected chi connectivity index (χ1v) is 6.09. The van der Waals surface area contributed by atoms with Crippen LogP contribution in [0.15, 0.2) is 16.8 Å². The average molecular weight is 326 g/mol. The first-order valence-electron chi connectivity index (χ1n) is 4.05. The van der Waals surface area contributed by atoms with E-state index in [2.05, 4.69) is 42.2 Å². The Morgan fingerprint density at radius 1 is 1.79 bits per heavy atom. The molecular formula is C8H10Br2N2O2. The standard InChI is InChI=1S/C8H10Br2N2O2/c9-1-7(10)4-14-8(13)6-2-11-5-12-3-6/h2,5,7H,1,3-4H2,(H,11,12). The van der Waals surface area contributed by atoms with Gasteiger partial charge in [-0.3, -0.25) is 0 Å². The summed E-state index contributed by atoms with van der Waals surface area (Å²) in [4.78, 5) is 15.3. The van der Waals surface area contributed by atoms with Crippen LogP contribution < -0.4 is 5.32 Å². The predicted octanol–water partition coefficient (Wildman–Crippen LogP) is 1.20. The first-order chi connectivity index (χ1) is 6.74. The monoisotopic (exact) mass is 324 g/mol. The zero-order chi connectivity index (χ0) is 10.4. The molecule has 1 N–H and O–H groups in total. The molecule has 0 spiro atoms. The largest absolute Gasteiger partial charge is 0.461 e. The fraction of sp³-hybridized carbons (Fsp3) is 0.500. The summed E-state index contributed by atoms with van der Waals surface area (Å²) in [6.45, 7) is 0.828. The van der Waals surface area contributed by atoms with Crippen molar-refractivity contribution in [3.05, 3.63) is 11.8 Å². The van der Waals surface area contributed by atoms with E-state index < -0.39 is 0 Å². The Balaban J connectivity index is 2.34. The van der Waals surface area contributed by atoms with Gasteiger partial charge in [0.2, 0.25) is 0 Å². The Morgan fingerprint density at radius 3 is 3.14 bits per heavy atom. The van der Waals surface area contributed by atoms with Crippen molar-refractivity contribution in [2.45, 2.75) is 4.83 Å². The van der Waals surface area contributed by atoms with E-state index in [0.29, 0.717) is 18.7 Å². The van der Waals surface area contributed by atoms with Crippen LogP contribution in [-0.4, -0.2) is 35.6 Å². The number of aliphatic imine (C=N–C) groups is 1. The zero-order valence-corrected chi connectivity index (χ0v) is 10.5. The molecule has 1 aliphatic heterocycles. The van der Waals surface area contributed by atoms with Crippen molar-refractivity contribution in [1.82, 2.24) is 5.32 Å². The second-order valence-electron chi connectivity index (χ2n) is 2.66. The lowest BCUT2D eigenvalue weighted by Gasteiger charge is -2.11. The van der Waals surface area contributed by atoms with E-state index in [9.17, 15) is 4.79 Å². The zero-order valence-electron chi connectivity index (χ0n) is 7.37. The molecule has 14 heavy (non-hydrogen) atoms. The topological polar surface area (TPSA) is 50.7 Å². The molecule has 0 bridgehead atoms. The van der Waals surface area contributed by atoms with Crippen LogP contribution >= 0.6 is 31.9 Å².